The maximum absolute atomic E-state index is 13.2. The third-order valence-corrected chi connectivity index (χ3v) is 2.55. The third kappa shape index (κ3) is 3.11. The van der Waals surface area contributed by atoms with Gasteiger partial charge < -0.3 is 4.90 Å². The highest BCUT2D eigenvalue weighted by Gasteiger charge is 2.03. The average Bonchev–Trinajstić information content (AvgIpc) is 2.22. The lowest BCUT2D eigenvalue weighted by Crippen LogP contribution is -2.25. The summed E-state index contributed by atoms with van der Waals surface area (Å²) in [6.45, 7) is 7.26. The maximum Gasteiger partial charge on any atom is 0.126 e. The molecule has 14 heavy (non-hydrogen) atoms. The fourth-order valence-electron chi connectivity index (χ4n) is 1.52. The van der Waals surface area contributed by atoms with E-state index in [-0.39, 0.29) is 5.82 Å². The molecule has 0 aliphatic heterocycles. The Morgan fingerprint density at radius 2 is 1.79 bits per heavy atom. The minimum atomic E-state index is -0.0837. The van der Waals surface area contributed by atoms with Gasteiger partial charge in [-0.25, -0.2) is 4.39 Å². The number of halogens is 1. The predicted octanol–water partition coefficient (Wildman–Crippen LogP) is 2.71. The summed E-state index contributed by atoms with van der Waals surface area (Å²) in [5.74, 6) is -0.0837. The summed E-state index contributed by atoms with van der Waals surface area (Å²) in [7, 11) is 0. The van der Waals surface area contributed by atoms with Crippen molar-refractivity contribution in [3.63, 3.8) is 0 Å². The van der Waals surface area contributed by atoms with Crippen molar-refractivity contribution in [3.8, 4) is 0 Å². The molecule has 0 saturated heterocycles. The molecule has 0 amide bonds. The van der Waals surface area contributed by atoms with E-state index >= 15 is 0 Å². The van der Waals surface area contributed by atoms with E-state index in [0.29, 0.717) is 0 Å². The van der Waals surface area contributed by atoms with Crippen LogP contribution in [0.4, 0.5) is 4.39 Å². The Bertz CT molecular complexity index is 269. The summed E-state index contributed by atoms with van der Waals surface area (Å²) in [4.78, 5) is 2.30. The third-order valence-electron chi connectivity index (χ3n) is 2.55. The number of hydrogen-bond acceptors (Lipinski definition) is 1. The van der Waals surface area contributed by atoms with Crippen LogP contribution in [-0.2, 0) is 6.42 Å². The molecule has 1 rings (SSSR count). The van der Waals surface area contributed by atoms with E-state index in [9.17, 15) is 4.39 Å². The Balaban J connectivity index is 2.49. The van der Waals surface area contributed by atoms with Gasteiger partial charge >= 0.3 is 0 Å². The molecule has 0 radical (unpaired) electrons. The lowest BCUT2D eigenvalue weighted by atomic mass is 10.1. The second kappa shape index (κ2) is 5.76. The van der Waals surface area contributed by atoms with E-state index in [1.54, 1.807) is 6.07 Å². The van der Waals surface area contributed by atoms with Gasteiger partial charge in [-0.15, -0.1) is 0 Å². The SMILES string of the molecule is CCN(CC)CCc1ccccc1F. The fraction of sp³-hybridized carbons (Fsp3) is 0.500. The van der Waals surface area contributed by atoms with Crippen molar-refractivity contribution in [1.29, 1.82) is 0 Å². The molecule has 0 spiro atoms. The molecule has 0 atom stereocenters. The molecule has 0 N–H and O–H groups in total. The zero-order valence-electron chi connectivity index (χ0n) is 8.96. The van der Waals surface area contributed by atoms with Crippen LogP contribution in [0.3, 0.4) is 0 Å². The van der Waals surface area contributed by atoms with Crippen molar-refractivity contribution < 1.29 is 4.39 Å². The molecule has 0 aromatic heterocycles. The minimum absolute atomic E-state index is 0.0837. The minimum Gasteiger partial charge on any atom is -0.304 e. The molecule has 0 aliphatic rings. The largest absolute Gasteiger partial charge is 0.304 e. The standard InChI is InChI=1S/C12H18FN/c1-3-14(4-2)10-9-11-7-5-6-8-12(11)13/h5-8H,3-4,9-10H2,1-2H3. The predicted molar refractivity (Wildman–Crippen MR) is 57.9 cm³/mol. The first-order valence-corrected chi connectivity index (χ1v) is 5.23. The van der Waals surface area contributed by atoms with E-state index in [2.05, 4.69) is 18.7 Å². The van der Waals surface area contributed by atoms with Gasteiger partial charge in [-0.1, -0.05) is 32.0 Å². The lowest BCUT2D eigenvalue weighted by Gasteiger charge is -2.17. The van der Waals surface area contributed by atoms with Crippen molar-refractivity contribution in [1.82, 2.24) is 4.90 Å². The first-order chi connectivity index (χ1) is 6.77. The van der Waals surface area contributed by atoms with Crippen molar-refractivity contribution in [2.45, 2.75) is 20.3 Å². The van der Waals surface area contributed by atoms with Crippen LogP contribution in [0.2, 0.25) is 0 Å². The molecule has 0 heterocycles. The summed E-state index contributed by atoms with van der Waals surface area (Å²) in [6.07, 6.45) is 0.800. The summed E-state index contributed by atoms with van der Waals surface area (Å²) in [5.41, 5.74) is 0.819. The molecular formula is C12H18FN. The van der Waals surface area contributed by atoms with Crippen molar-refractivity contribution in [2.24, 2.45) is 0 Å². The monoisotopic (exact) mass is 195 g/mol. The second-order valence-electron chi connectivity index (χ2n) is 3.37. The van der Waals surface area contributed by atoms with Crippen LogP contribution in [0.25, 0.3) is 0 Å². The molecule has 0 fully saturated rings. The Hall–Kier alpha value is -0.890. The Labute approximate surface area is 85.5 Å². The number of rotatable bonds is 5. The van der Waals surface area contributed by atoms with Gasteiger partial charge in [0, 0.05) is 6.54 Å². The van der Waals surface area contributed by atoms with Crippen LogP contribution in [0.5, 0.6) is 0 Å². The van der Waals surface area contributed by atoms with E-state index in [4.69, 9.17) is 0 Å². The number of hydrogen-bond donors (Lipinski definition) is 0. The summed E-state index contributed by atoms with van der Waals surface area (Å²) < 4.78 is 13.2. The molecule has 0 aliphatic carbocycles. The topological polar surface area (TPSA) is 3.24 Å². The van der Waals surface area contributed by atoms with E-state index in [1.165, 1.54) is 6.07 Å². The van der Waals surface area contributed by atoms with E-state index < -0.39 is 0 Å². The maximum atomic E-state index is 13.2. The molecule has 1 nitrogen and oxygen atoms in total. The Morgan fingerprint density at radius 3 is 2.36 bits per heavy atom. The van der Waals surface area contributed by atoms with Crippen LogP contribution in [0, 0.1) is 5.82 Å². The first kappa shape index (κ1) is 11.2. The zero-order valence-corrected chi connectivity index (χ0v) is 8.96. The molecule has 1 aromatic rings. The highest BCUT2D eigenvalue weighted by molar-refractivity contribution is 5.17. The van der Waals surface area contributed by atoms with Crippen LogP contribution in [0.15, 0.2) is 24.3 Å². The second-order valence-corrected chi connectivity index (χ2v) is 3.37. The zero-order chi connectivity index (χ0) is 10.4. The van der Waals surface area contributed by atoms with Crippen LogP contribution >= 0.6 is 0 Å². The Morgan fingerprint density at radius 1 is 1.14 bits per heavy atom. The van der Waals surface area contributed by atoms with Gasteiger partial charge in [-0.3, -0.25) is 0 Å². The van der Waals surface area contributed by atoms with Crippen molar-refractivity contribution >= 4 is 0 Å². The normalized spacial score (nSPS) is 10.9. The van der Waals surface area contributed by atoms with Gasteiger partial charge in [-0.05, 0) is 31.1 Å². The molecule has 0 saturated carbocycles. The van der Waals surface area contributed by atoms with Gasteiger partial charge in [0.1, 0.15) is 5.82 Å². The Kier molecular flexibility index (Phi) is 4.60. The number of nitrogens with zero attached hydrogens (tertiary/aromatic N) is 1. The molecule has 78 valence electrons. The van der Waals surface area contributed by atoms with E-state index in [0.717, 1.165) is 31.6 Å². The molecule has 2 heteroatoms. The molecule has 0 unspecified atom stereocenters. The quantitative estimate of drug-likeness (QED) is 0.698. The average molecular weight is 195 g/mol. The lowest BCUT2D eigenvalue weighted by molar-refractivity contribution is 0.306. The number of likely N-dealkylation sites (N-methyl/N-ethyl adjacent to an activating group) is 1. The van der Waals surface area contributed by atoms with Crippen LogP contribution in [-0.4, -0.2) is 24.5 Å². The highest BCUT2D eigenvalue weighted by atomic mass is 19.1. The smallest absolute Gasteiger partial charge is 0.126 e. The van der Waals surface area contributed by atoms with Crippen molar-refractivity contribution in [2.75, 3.05) is 19.6 Å². The molecule has 1 aromatic carbocycles. The number of benzene rings is 1. The van der Waals surface area contributed by atoms with Crippen LogP contribution < -0.4 is 0 Å². The summed E-state index contributed by atoms with van der Waals surface area (Å²) >= 11 is 0. The summed E-state index contributed by atoms with van der Waals surface area (Å²) in [5, 5.41) is 0. The van der Waals surface area contributed by atoms with Gasteiger partial charge in [0.2, 0.25) is 0 Å². The van der Waals surface area contributed by atoms with Gasteiger partial charge in [0.15, 0.2) is 0 Å². The van der Waals surface area contributed by atoms with Crippen LogP contribution in [0.1, 0.15) is 19.4 Å². The summed E-state index contributed by atoms with van der Waals surface area (Å²) in [6, 6.07) is 7.01. The first-order valence-electron chi connectivity index (χ1n) is 5.23. The fourth-order valence-corrected chi connectivity index (χ4v) is 1.52. The van der Waals surface area contributed by atoms with Gasteiger partial charge in [-0.2, -0.15) is 0 Å². The van der Waals surface area contributed by atoms with Gasteiger partial charge in [0.25, 0.3) is 0 Å². The molecule has 0 bridgehead atoms. The van der Waals surface area contributed by atoms with E-state index in [1.807, 2.05) is 12.1 Å². The highest BCUT2D eigenvalue weighted by Crippen LogP contribution is 2.07. The molecular weight excluding hydrogens is 177 g/mol. The van der Waals surface area contributed by atoms with Crippen molar-refractivity contribution in [3.05, 3.63) is 35.6 Å². The van der Waals surface area contributed by atoms with Gasteiger partial charge in [0.05, 0.1) is 0 Å².